The normalized spacial score (nSPS) is 12.7. The van der Waals surface area contributed by atoms with Gasteiger partial charge in [-0.05, 0) is 91.0 Å². The van der Waals surface area contributed by atoms with Gasteiger partial charge in [0.25, 0.3) is 0 Å². The molecule has 0 unspecified atom stereocenters. The van der Waals surface area contributed by atoms with E-state index in [9.17, 15) is 9.59 Å². The molecule has 8 nitrogen and oxygen atoms in total. The molecule has 1 atom stereocenters. The molecule has 0 aliphatic rings. The van der Waals surface area contributed by atoms with E-state index in [1.165, 1.54) is 4.90 Å². The van der Waals surface area contributed by atoms with E-state index in [-0.39, 0.29) is 0 Å². The lowest BCUT2D eigenvalue weighted by atomic mass is 10.1. The highest BCUT2D eigenvalue weighted by atomic mass is 16.6. The Hall–Kier alpha value is -3.00. The molecule has 0 aromatic carbocycles. The lowest BCUT2D eigenvalue weighted by molar-refractivity contribution is -0.156. The van der Waals surface area contributed by atoms with Crippen LogP contribution in [0.25, 0.3) is 0 Å². The molecule has 2 rings (SSSR count). The third-order valence-corrected chi connectivity index (χ3v) is 4.72. The highest BCUT2D eigenvalue weighted by Crippen LogP contribution is 2.16. The Morgan fingerprint density at radius 1 is 0.971 bits per heavy atom. The van der Waals surface area contributed by atoms with Crippen molar-refractivity contribution in [1.82, 2.24) is 9.97 Å². The summed E-state index contributed by atoms with van der Waals surface area (Å²) in [6.45, 7) is 11.0. The second-order valence-electron chi connectivity index (χ2n) is 10.4. The van der Waals surface area contributed by atoms with Crippen molar-refractivity contribution in [3.8, 4) is 0 Å². The van der Waals surface area contributed by atoms with Crippen molar-refractivity contribution in [3.05, 3.63) is 53.5 Å². The predicted molar refractivity (Wildman–Crippen MR) is 133 cm³/mol. The van der Waals surface area contributed by atoms with Crippen LogP contribution in [0.5, 0.6) is 0 Å². The fourth-order valence-electron chi connectivity index (χ4n) is 3.11. The van der Waals surface area contributed by atoms with Crippen LogP contribution in [-0.2, 0) is 33.5 Å². The van der Waals surface area contributed by atoms with Gasteiger partial charge in [-0.15, -0.1) is 0 Å². The van der Waals surface area contributed by atoms with Crippen molar-refractivity contribution in [3.63, 3.8) is 0 Å². The van der Waals surface area contributed by atoms with Gasteiger partial charge in [-0.3, -0.25) is 14.7 Å². The Morgan fingerprint density at radius 2 is 1.62 bits per heavy atom. The van der Waals surface area contributed by atoms with Crippen molar-refractivity contribution in [2.75, 3.05) is 11.9 Å². The van der Waals surface area contributed by atoms with Crippen LogP contribution in [0, 0.1) is 0 Å². The van der Waals surface area contributed by atoms with Crippen LogP contribution in [0.3, 0.4) is 0 Å². The van der Waals surface area contributed by atoms with E-state index >= 15 is 0 Å². The maximum Gasteiger partial charge on any atom is 0.415 e. The number of anilines is 1. The number of aromatic nitrogens is 2. The quantitative estimate of drug-likeness (QED) is 0.575. The number of nitrogens with two attached hydrogens (primary N) is 1. The van der Waals surface area contributed by atoms with Gasteiger partial charge in [0, 0.05) is 24.6 Å². The lowest BCUT2D eigenvalue weighted by Gasteiger charge is -2.24. The van der Waals surface area contributed by atoms with Crippen molar-refractivity contribution >= 4 is 17.9 Å². The number of ether oxygens (including phenoxy) is 2. The monoisotopic (exact) mass is 470 g/mol. The number of hydrogen-bond donors (Lipinski definition) is 1. The summed E-state index contributed by atoms with van der Waals surface area (Å²) in [6.07, 6.45) is 4.09. The molecule has 0 saturated carbocycles. The lowest BCUT2D eigenvalue weighted by Crippen LogP contribution is -2.38. The molecule has 1 amide bonds. The molecule has 2 N–H and O–H groups in total. The first-order chi connectivity index (χ1) is 15.7. The standard InChI is InChI=1S/C26H38N4O4/c1-25(2,3)33-23(31)21(27)16-18-14-15-19(28-17-18)10-8-11-20-12-9-13-22(29-20)30(7)24(32)34-26(4,5)6/h9,12-15,17,21H,8,10-11,16,27H2,1-7H3/t21-/m0/s1. The zero-order valence-corrected chi connectivity index (χ0v) is 21.4. The van der Waals surface area contributed by atoms with Gasteiger partial charge in [-0.1, -0.05) is 12.1 Å². The van der Waals surface area contributed by atoms with Gasteiger partial charge in [0.1, 0.15) is 23.1 Å². The second-order valence-corrected chi connectivity index (χ2v) is 10.4. The number of esters is 1. The van der Waals surface area contributed by atoms with E-state index in [0.29, 0.717) is 12.2 Å². The summed E-state index contributed by atoms with van der Waals surface area (Å²) in [6, 6.07) is 8.80. The van der Waals surface area contributed by atoms with Crippen LogP contribution >= 0.6 is 0 Å². The summed E-state index contributed by atoms with van der Waals surface area (Å²) in [5.41, 5.74) is 7.60. The molecule has 2 aromatic rings. The molecule has 0 aliphatic heterocycles. The van der Waals surface area contributed by atoms with Gasteiger partial charge in [-0.2, -0.15) is 0 Å². The highest BCUT2D eigenvalue weighted by Gasteiger charge is 2.23. The molecule has 0 spiro atoms. The number of carbonyl (C=O) groups excluding carboxylic acids is 2. The maximum absolute atomic E-state index is 12.3. The molecule has 186 valence electrons. The first-order valence-electron chi connectivity index (χ1n) is 11.6. The molecule has 2 aromatic heterocycles. The Balaban J connectivity index is 1.86. The summed E-state index contributed by atoms with van der Waals surface area (Å²) < 4.78 is 10.7. The third kappa shape index (κ3) is 9.47. The molecule has 34 heavy (non-hydrogen) atoms. The van der Waals surface area contributed by atoms with Crippen LogP contribution in [0.2, 0.25) is 0 Å². The smallest absolute Gasteiger partial charge is 0.415 e. The van der Waals surface area contributed by atoms with E-state index in [2.05, 4.69) is 9.97 Å². The predicted octanol–water partition coefficient (Wildman–Crippen LogP) is 4.23. The zero-order chi connectivity index (χ0) is 25.5. The summed E-state index contributed by atoms with van der Waals surface area (Å²) in [4.78, 5) is 34.9. The molecule has 0 bridgehead atoms. The Bertz CT molecular complexity index is 962. The van der Waals surface area contributed by atoms with Crippen molar-refractivity contribution < 1.29 is 19.1 Å². The van der Waals surface area contributed by atoms with Crippen LogP contribution in [0.1, 0.15) is 64.9 Å². The van der Waals surface area contributed by atoms with E-state index in [1.54, 1.807) is 19.3 Å². The first kappa shape index (κ1) is 27.2. The summed E-state index contributed by atoms with van der Waals surface area (Å²) in [5.74, 6) is 0.138. The summed E-state index contributed by atoms with van der Waals surface area (Å²) in [5, 5.41) is 0. The Kier molecular flexibility index (Phi) is 9.15. The van der Waals surface area contributed by atoms with Crippen LogP contribution in [-0.4, -0.2) is 46.3 Å². The number of carbonyl (C=O) groups is 2. The van der Waals surface area contributed by atoms with Crippen LogP contribution < -0.4 is 10.6 Å². The highest BCUT2D eigenvalue weighted by molar-refractivity contribution is 5.85. The molecule has 0 fully saturated rings. The number of hydrogen-bond acceptors (Lipinski definition) is 7. The average molecular weight is 471 g/mol. The fraction of sp³-hybridized carbons (Fsp3) is 0.538. The van der Waals surface area contributed by atoms with Crippen molar-refractivity contribution in [2.24, 2.45) is 5.73 Å². The van der Waals surface area contributed by atoms with Gasteiger partial charge < -0.3 is 15.2 Å². The fourth-order valence-corrected chi connectivity index (χ4v) is 3.11. The minimum Gasteiger partial charge on any atom is -0.459 e. The zero-order valence-electron chi connectivity index (χ0n) is 21.4. The van der Waals surface area contributed by atoms with Gasteiger partial charge in [0.15, 0.2) is 0 Å². The van der Waals surface area contributed by atoms with E-state index in [1.807, 2.05) is 65.8 Å². The van der Waals surface area contributed by atoms with E-state index < -0.39 is 29.3 Å². The minimum atomic E-state index is -0.718. The molecule has 2 heterocycles. The molecule has 0 aliphatic carbocycles. The molecule has 0 radical (unpaired) electrons. The molecule has 0 saturated heterocycles. The molecule has 8 heteroatoms. The van der Waals surface area contributed by atoms with Gasteiger partial charge in [-0.25, -0.2) is 9.78 Å². The third-order valence-electron chi connectivity index (χ3n) is 4.72. The number of nitrogens with zero attached hydrogens (tertiary/aromatic N) is 3. The number of aryl methyl sites for hydroxylation is 2. The Morgan fingerprint density at radius 3 is 2.21 bits per heavy atom. The summed E-state index contributed by atoms with van der Waals surface area (Å²) in [7, 11) is 1.65. The number of pyridine rings is 2. The largest absolute Gasteiger partial charge is 0.459 e. The van der Waals surface area contributed by atoms with Crippen molar-refractivity contribution in [1.29, 1.82) is 0 Å². The Labute approximate surface area is 202 Å². The van der Waals surface area contributed by atoms with Crippen LogP contribution in [0.15, 0.2) is 36.5 Å². The summed E-state index contributed by atoms with van der Waals surface area (Å²) >= 11 is 0. The number of rotatable bonds is 8. The minimum absolute atomic E-state index is 0.379. The maximum atomic E-state index is 12.3. The first-order valence-corrected chi connectivity index (χ1v) is 11.6. The van der Waals surface area contributed by atoms with Gasteiger partial charge in [0.05, 0.1) is 0 Å². The van der Waals surface area contributed by atoms with E-state index in [0.717, 1.165) is 36.2 Å². The number of amides is 1. The molecular formula is C26H38N4O4. The SMILES string of the molecule is CN(C(=O)OC(C)(C)C)c1cccc(CCCc2ccc(C[C@H](N)C(=O)OC(C)(C)C)cn2)n1. The van der Waals surface area contributed by atoms with Crippen LogP contribution in [0.4, 0.5) is 10.6 Å². The average Bonchev–Trinajstić information content (AvgIpc) is 2.72. The molecular weight excluding hydrogens is 432 g/mol. The van der Waals surface area contributed by atoms with Gasteiger partial charge >= 0.3 is 12.1 Å². The van der Waals surface area contributed by atoms with Gasteiger partial charge in [0.2, 0.25) is 0 Å². The topological polar surface area (TPSA) is 108 Å². The second kappa shape index (κ2) is 11.4. The van der Waals surface area contributed by atoms with Crippen molar-refractivity contribution in [2.45, 2.75) is 84.5 Å². The van der Waals surface area contributed by atoms with E-state index in [4.69, 9.17) is 15.2 Å².